The van der Waals surface area contributed by atoms with Crippen LogP contribution in [0, 0.1) is 13.8 Å². The standard InChI is InChI=1S/C13H18N4O2/c1-4-5-6-16-9(3)8(2)13(19)17-7-15-10(11(14)18)12(16)17/h7H,4-6H2,1-3H3,(H2,14,18). The van der Waals surface area contributed by atoms with Crippen molar-refractivity contribution in [3.05, 3.63) is 33.6 Å². The molecule has 0 radical (unpaired) electrons. The van der Waals surface area contributed by atoms with Crippen LogP contribution in [-0.4, -0.2) is 19.9 Å². The van der Waals surface area contributed by atoms with Gasteiger partial charge < -0.3 is 10.3 Å². The number of carbonyl (C=O) groups excluding carboxylic acids is 1. The van der Waals surface area contributed by atoms with E-state index in [1.54, 1.807) is 6.92 Å². The third kappa shape index (κ3) is 2.03. The number of fused-ring (bicyclic) bond motifs is 1. The maximum absolute atomic E-state index is 12.2. The molecule has 0 spiro atoms. The molecule has 0 unspecified atom stereocenters. The van der Waals surface area contributed by atoms with E-state index in [1.165, 1.54) is 10.7 Å². The van der Waals surface area contributed by atoms with Gasteiger partial charge in [-0.05, 0) is 20.3 Å². The average Bonchev–Trinajstić information content (AvgIpc) is 2.81. The van der Waals surface area contributed by atoms with Crippen molar-refractivity contribution in [1.82, 2.24) is 14.0 Å². The molecule has 0 aliphatic rings. The van der Waals surface area contributed by atoms with Crippen LogP contribution >= 0.6 is 0 Å². The summed E-state index contributed by atoms with van der Waals surface area (Å²) in [7, 11) is 0. The Kier molecular flexibility index (Phi) is 3.42. The summed E-state index contributed by atoms with van der Waals surface area (Å²) >= 11 is 0. The molecule has 0 saturated carbocycles. The number of hydrogen-bond acceptors (Lipinski definition) is 3. The van der Waals surface area contributed by atoms with Crippen molar-refractivity contribution in [1.29, 1.82) is 0 Å². The zero-order valence-corrected chi connectivity index (χ0v) is 11.4. The number of primary amides is 1. The number of nitrogens with zero attached hydrogens (tertiary/aromatic N) is 3. The molecule has 6 nitrogen and oxygen atoms in total. The van der Waals surface area contributed by atoms with Crippen LogP contribution in [0.1, 0.15) is 41.5 Å². The molecule has 1 amide bonds. The van der Waals surface area contributed by atoms with Gasteiger partial charge in [-0.15, -0.1) is 0 Å². The molecular formula is C13H18N4O2. The lowest BCUT2D eigenvalue weighted by molar-refractivity contribution is 0.0997. The Morgan fingerprint density at radius 3 is 2.68 bits per heavy atom. The second kappa shape index (κ2) is 4.87. The fourth-order valence-electron chi connectivity index (χ4n) is 2.21. The number of aromatic nitrogens is 3. The lowest BCUT2D eigenvalue weighted by Crippen LogP contribution is -2.24. The van der Waals surface area contributed by atoms with Crippen molar-refractivity contribution < 1.29 is 4.79 Å². The monoisotopic (exact) mass is 262 g/mol. The first-order valence-corrected chi connectivity index (χ1v) is 6.35. The second-order valence-electron chi connectivity index (χ2n) is 4.67. The molecule has 2 N–H and O–H groups in total. The number of imidazole rings is 1. The van der Waals surface area contributed by atoms with E-state index >= 15 is 0 Å². The zero-order chi connectivity index (χ0) is 14.2. The van der Waals surface area contributed by atoms with Crippen molar-refractivity contribution >= 4 is 11.6 Å². The van der Waals surface area contributed by atoms with Crippen LogP contribution in [0.15, 0.2) is 11.1 Å². The van der Waals surface area contributed by atoms with E-state index in [2.05, 4.69) is 11.9 Å². The highest BCUT2D eigenvalue weighted by Gasteiger charge is 2.18. The largest absolute Gasteiger partial charge is 0.364 e. The third-order valence-corrected chi connectivity index (χ3v) is 3.45. The maximum Gasteiger partial charge on any atom is 0.271 e. The van der Waals surface area contributed by atoms with Gasteiger partial charge in [0.2, 0.25) is 0 Å². The zero-order valence-electron chi connectivity index (χ0n) is 11.4. The summed E-state index contributed by atoms with van der Waals surface area (Å²) in [4.78, 5) is 27.6. The summed E-state index contributed by atoms with van der Waals surface area (Å²) in [5.74, 6) is -0.615. The van der Waals surface area contributed by atoms with Crippen molar-refractivity contribution in [2.24, 2.45) is 5.73 Å². The Balaban J connectivity index is 2.85. The van der Waals surface area contributed by atoms with Crippen LogP contribution in [0.25, 0.3) is 5.65 Å². The fraction of sp³-hybridized carbons (Fsp3) is 0.462. The first-order chi connectivity index (χ1) is 8.99. The van der Waals surface area contributed by atoms with Crippen molar-refractivity contribution in [3.63, 3.8) is 0 Å². The molecule has 0 saturated heterocycles. The fourth-order valence-corrected chi connectivity index (χ4v) is 2.21. The molecule has 0 aliphatic carbocycles. The van der Waals surface area contributed by atoms with Crippen molar-refractivity contribution in [2.75, 3.05) is 0 Å². The van der Waals surface area contributed by atoms with Gasteiger partial charge in [0.15, 0.2) is 11.3 Å². The van der Waals surface area contributed by atoms with Gasteiger partial charge in [0, 0.05) is 17.8 Å². The normalized spacial score (nSPS) is 11.1. The van der Waals surface area contributed by atoms with Crippen LogP contribution in [0.5, 0.6) is 0 Å². The molecule has 19 heavy (non-hydrogen) atoms. The number of unbranched alkanes of at least 4 members (excludes halogenated alkanes) is 1. The molecule has 0 fully saturated rings. The van der Waals surface area contributed by atoms with Gasteiger partial charge in [0.05, 0.1) is 0 Å². The first kappa shape index (κ1) is 13.3. The summed E-state index contributed by atoms with van der Waals surface area (Å²) < 4.78 is 3.35. The highest BCUT2D eigenvalue weighted by atomic mass is 16.1. The van der Waals surface area contributed by atoms with Gasteiger partial charge in [0.25, 0.3) is 11.5 Å². The number of rotatable bonds is 4. The van der Waals surface area contributed by atoms with E-state index in [-0.39, 0.29) is 11.3 Å². The topological polar surface area (TPSA) is 82.4 Å². The minimum atomic E-state index is -0.615. The molecule has 2 aromatic rings. The Labute approximate surface area is 110 Å². The van der Waals surface area contributed by atoms with Crippen LogP contribution < -0.4 is 11.3 Å². The molecular weight excluding hydrogens is 244 g/mol. The molecule has 0 atom stereocenters. The minimum absolute atomic E-state index is 0.149. The van der Waals surface area contributed by atoms with Gasteiger partial charge in [-0.1, -0.05) is 13.3 Å². The third-order valence-electron chi connectivity index (χ3n) is 3.45. The Morgan fingerprint density at radius 2 is 2.11 bits per heavy atom. The average molecular weight is 262 g/mol. The lowest BCUT2D eigenvalue weighted by atomic mass is 10.2. The number of hydrogen-bond donors (Lipinski definition) is 1. The highest BCUT2D eigenvalue weighted by molar-refractivity contribution is 5.96. The van der Waals surface area contributed by atoms with E-state index < -0.39 is 5.91 Å². The smallest absolute Gasteiger partial charge is 0.271 e. The summed E-state index contributed by atoms with van der Waals surface area (Å²) in [6.07, 6.45) is 3.35. The van der Waals surface area contributed by atoms with Gasteiger partial charge in [0.1, 0.15) is 6.33 Å². The van der Waals surface area contributed by atoms with Gasteiger partial charge in [-0.2, -0.15) is 0 Å². The van der Waals surface area contributed by atoms with E-state index in [1.807, 2.05) is 11.5 Å². The first-order valence-electron chi connectivity index (χ1n) is 6.35. The van der Waals surface area contributed by atoms with Crippen LogP contribution in [-0.2, 0) is 6.54 Å². The maximum atomic E-state index is 12.2. The predicted molar refractivity (Wildman–Crippen MR) is 72.4 cm³/mol. The van der Waals surface area contributed by atoms with Crippen molar-refractivity contribution in [2.45, 2.75) is 40.2 Å². The second-order valence-corrected chi connectivity index (χ2v) is 4.67. The number of aryl methyl sites for hydroxylation is 1. The number of amides is 1. The molecule has 0 bridgehead atoms. The van der Waals surface area contributed by atoms with E-state index in [9.17, 15) is 9.59 Å². The molecule has 6 heteroatoms. The highest BCUT2D eigenvalue weighted by Crippen LogP contribution is 2.14. The number of nitrogens with two attached hydrogens (primary N) is 1. The molecule has 2 heterocycles. The van der Waals surface area contributed by atoms with Crippen LogP contribution in [0.2, 0.25) is 0 Å². The minimum Gasteiger partial charge on any atom is -0.364 e. The quantitative estimate of drug-likeness (QED) is 0.892. The Morgan fingerprint density at radius 1 is 1.42 bits per heavy atom. The SMILES string of the molecule is CCCCn1c(C)c(C)c(=O)n2cnc(C(N)=O)c12. The van der Waals surface area contributed by atoms with Gasteiger partial charge in [-0.25, -0.2) is 9.38 Å². The van der Waals surface area contributed by atoms with Gasteiger partial charge >= 0.3 is 0 Å². The van der Waals surface area contributed by atoms with Gasteiger partial charge in [-0.3, -0.25) is 9.59 Å². The van der Waals surface area contributed by atoms with Crippen LogP contribution in [0.4, 0.5) is 0 Å². The van der Waals surface area contributed by atoms with E-state index in [4.69, 9.17) is 5.73 Å². The summed E-state index contributed by atoms with van der Waals surface area (Å²) in [6, 6.07) is 0. The summed E-state index contributed by atoms with van der Waals surface area (Å²) in [5.41, 5.74) is 7.34. The summed E-state index contributed by atoms with van der Waals surface area (Å²) in [6.45, 7) is 6.49. The molecule has 0 aliphatic heterocycles. The molecule has 2 aromatic heterocycles. The molecule has 0 aromatic carbocycles. The van der Waals surface area contributed by atoms with E-state index in [0.29, 0.717) is 11.2 Å². The molecule has 102 valence electrons. The Hall–Kier alpha value is -2.11. The lowest BCUT2D eigenvalue weighted by Gasteiger charge is -2.15. The number of carbonyl (C=O) groups is 1. The van der Waals surface area contributed by atoms with E-state index in [0.717, 1.165) is 25.1 Å². The van der Waals surface area contributed by atoms with Crippen molar-refractivity contribution in [3.8, 4) is 0 Å². The predicted octanol–water partition coefficient (Wildman–Crippen LogP) is 1.01. The van der Waals surface area contributed by atoms with Crippen LogP contribution in [0.3, 0.4) is 0 Å². The molecule has 2 rings (SSSR count). The Bertz CT molecular complexity index is 697. The summed E-state index contributed by atoms with van der Waals surface area (Å²) in [5, 5.41) is 0.